The van der Waals surface area contributed by atoms with E-state index in [0.717, 1.165) is 11.0 Å². The van der Waals surface area contributed by atoms with Gasteiger partial charge in [-0.3, -0.25) is 4.98 Å². The zero-order chi connectivity index (χ0) is 13.8. The van der Waals surface area contributed by atoms with Gasteiger partial charge < -0.3 is 5.32 Å². The van der Waals surface area contributed by atoms with Crippen molar-refractivity contribution in [2.24, 2.45) is 0 Å². The molecule has 3 heteroatoms. The molecule has 0 saturated carbocycles. The van der Waals surface area contributed by atoms with Crippen LogP contribution in [0, 0.1) is 13.8 Å². The molecule has 0 aliphatic rings. The second kappa shape index (κ2) is 6.31. The van der Waals surface area contributed by atoms with E-state index in [1.54, 1.807) is 0 Å². The van der Waals surface area contributed by atoms with Crippen LogP contribution in [0.1, 0.15) is 35.2 Å². The third kappa shape index (κ3) is 3.23. The number of nitrogens with one attached hydrogen (secondary N) is 1. The summed E-state index contributed by atoms with van der Waals surface area (Å²) in [6, 6.07) is 8.70. The fraction of sp³-hybridized carbons (Fsp3) is 0.312. The predicted molar refractivity (Wildman–Crippen MR) is 83.4 cm³/mol. The van der Waals surface area contributed by atoms with Crippen LogP contribution in [0.4, 0.5) is 0 Å². The largest absolute Gasteiger partial charge is 0.306 e. The molecule has 2 rings (SSSR count). The molecule has 19 heavy (non-hydrogen) atoms. The summed E-state index contributed by atoms with van der Waals surface area (Å²) in [5.74, 6) is 0. The van der Waals surface area contributed by atoms with Crippen LogP contribution >= 0.6 is 15.9 Å². The minimum absolute atomic E-state index is 0.201. The first-order valence-corrected chi connectivity index (χ1v) is 7.32. The lowest BCUT2D eigenvalue weighted by Gasteiger charge is -2.22. The minimum atomic E-state index is 0.201. The number of hydrogen-bond acceptors (Lipinski definition) is 2. The number of halogens is 1. The standard InChI is InChI=1S/C16H19BrN2/c1-4-19-16(15-10-18-8-7-11(15)2)14-6-5-13(17)9-12(14)3/h5-10,16,19H,4H2,1-3H3. The molecule has 0 aliphatic carbocycles. The number of benzene rings is 1. The molecule has 1 aromatic heterocycles. The molecule has 1 heterocycles. The highest BCUT2D eigenvalue weighted by atomic mass is 79.9. The lowest BCUT2D eigenvalue weighted by molar-refractivity contribution is 0.622. The summed E-state index contributed by atoms with van der Waals surface area (Å²) in [6.07, 6.45) is 3.81. The minimum Gasteiger partial charge on any atom is -0.306 e. The van der Waals surface area contributed by atoms with E-state index in [-0.39, 0.29) is 6.04 Å². The number of hydrogen-bond donors (Lipinski definition) is 1. The van der Waals surface area contributed by atoms with E-state index >= 15 is 0 Å². The second-order valence-corrected chi connectivity index (χ2v) is 5.64. The van der Waals surface area contributed by atoms with Crippen molar-refractivity contribution < 1.29 is 0 Å². The summed E-state index contributed by atoms with van der Waals surface area (Å²) in [7, 11) is 0. The molecule has 0 fully saturated rings. The quantitative estimate of drug-likeness (QED) is 0.915. The van der Waals surface area contributed by atoms with Crippen LogP contribution in [0.3, 0.4) is 0 Å². The topological polar surface area (TPSA) is 24.9 Å². The van der Waals surface area contributed by atoms with Crippen molar-refractivity contribution in [3.63, 3.8) is 0 Å². The van der Waals surface area contributed by atoms with Gasteiger partial charge in [0.25, 0.3) is 0 Å². The molecule has 1 unspecified atom stereocenters. The van der Waals surface area contributed by atoms with Crippen molar-refractivity contribution in [3.05, 3.63) is 63.4 Å². The Balaban J connectivity index is 2.48. The lowest BCUT2D eigenvalue weighted by atomic mass is 9.93. The van der Waals surface area contributed by atoms with Crippen molar-refractivity contribution in [3.8, 4) is 0 Å². The van der Waals surface area contributed by atoms with Crippen molar-refractivity contribution in [1.29, 1.82) is 0 Å². The smallest absolute Gasteiger partial charge is 0.0597 e. The molecule has 0 spiro atoms. The average Bonchev–Trinajstić information content (AvgIpc) is 2.38. The second-order valence-electron chi connectivity index (χ2n) is 4.72. The zero-order valence-corrected chi connectivity index (χ0v) is 13.2. The molecular weight excluding hydrogens is 300 g/mol. The lowest BCUT2D eigenvalue weighted by Crippen LogP contribution is -2.23. The van der Waals surface area contributed by atoms with Gasteiger partial charge in [0.05, 0.1) is 6.04 Å². The zero-order valence-electron chi connectivity index (χ0n) is 11.6. The first kappa shape index (κ1) is 14.2. The van der Waals surface area contributed by atoms with E-state index in [0.29, 0.717) is 0 Å². The molecule has 0 saturated heterocycles. The highest BCUT2D eigenvalue weighted by Gasteiger charge is 2.17. The number of rotatable bonds is 4. The summed E-state index contributed by atoms with van der Waals surface area (Å²) < 4.78 is 1.12. The fourth-order valence-corrected chi connectivity index (χ4v) is 2.81. The summed E-state index contributed by atoms with van der Waals surface area (Å²) in [5, 5.41) is 3.56. The summed E-state index contributed by atoms with van der Waals surface area (Å²) in [5.41, 5.74) is 5.10. The highest BCUT2D eigenvalue weighted by molar-refractivity contribution is 9.10. The first-order chi connectivity index (χ1) is 9.13. The maximum absolute atomic E-state index is 4.27. The molecule has 2 nitrogen and oxygen atoms in total. The van der Waals surface area contributed by atoms with Crippen LogP contribution in [-0.2, 0) is 0 Å². The molecule has 0 aliphatic heterocycles. The van der Waals surface area contributed by atoms with Crippen molar-refractivity contribution in [1.82, 2.24) is 10.3 Å². The first-order valence-electron chi connectivity index (χ1n) is 6.53. The summed E-state index contributed by atoms with van der Waals surface area (Å²) in [6.45, 7) is 7.34. The Labute approximate surface area is 123 Å². The van der Waals surface area contributed by atoms with E-state index in [2.05, 4.69) is 71.3 Å². The molecule has 2 aromatic rings. The van der Waals surface area contributed by atoms with Gasteiger partial charge in [-0.2, -0.15) is 0 Å². The Bertz CT molecular complexity index is 566. The molecule has 1 aromatic carbocycles. The van der Waals surface area contributed by atoms with E-state index in [1.807, 2.05) is 12.4 Å². The third-order valence-corrected chi connectivity index (χ3v) is 3.83. The monoisotopic (exact) mass is 318 g/mol. The third-order valence-electron chi connectivity index (χ3n) is 3.34. The number of aromatic nitrogens is 1. The molecule has 1 atom stereocenters. The van der Waals surface area contributed by atoms with Gasteiger partial charge in [0, 0.05) is 16.9 Å². The van der Waals surface area contributed by atoms with Gasteiger partial charge in [0.1, 0.15) is 0 Å². The van der Waals surface area contributed by atoms with Crippen molar-refractivity contribution in [2.45, 2.75) is 26.8 Å². The Kier molecular flexibility index (Phi) is 4.72. The fourth-order valence-electron chi connectivity index (χ4n) is 2.33. The molecule has 1 N–H and O–H groups in total. The van der Waals surface area contributed by atoms with E-state index < -0.39 is 0 Å². The van der Waals surface area contributed by atoms with E-state index in [1.165, 1.54) is 22.3 Å². The van der Waals surface area contributed by atoms with Gasteiger partial charge in [0.15, 0.2) is 0 Å². The van der Waals surface area contributed by atoms with Gasteiger partial charge in [-0.05, 0) is 60.8 Å². The van der Waals surface area contributed by atoms with E-state index in [4.69, 9.17) is 0 Å². The normalized spacial score (nSPS) is 12.4. The van der Waals surface area contributed by atoms with E-state index in [9.17, 15) is 0 Å². The van der Waals surface area contributed by atoms with Crippen LogP contribution in [0.15, 0.2) is 41.1 Å². The summed E-state index contributed by atoms with van der Waals surface area (Å²) in [4.78, 5) is 4.27. The van der Waals surface area contributed by atoms with Crippen LogP contribution < -0.4 is 5.32 Å². The number of pyridine rings is 1. The summed E-state index contributed by atoms with van der Waals surface area (Å²) >= 11 is 3.52. The molecule has 100 valence electrons. The number of nitrogens with zero attached hydrogens (tertiary/aromatic N) is 1. The molecule has 0 radical (unpaired) electrons. The van der Waals surface area contributed by atoms with Crippen LogP contribution in [-0.4, -0.2) is 11.5 Å². The predicted octanol–water partition coefficient (Wildman–Crippen LogP) is 4.16. The Morgan fingerprint density at radius 1 is 1.16 bits per heavy atom. The maximum atomic E-state index is 4.27. The van der Waals surface area contributed by atoms with Crippen LogP contribution in [0.25, 0.3) is 0 Å². The van der Waals surface area contributed by atoms with Gasteiger partial charge in [-0.15, -0.1) is 0 Å². The highest BCUT2D eigenvalue weighted by Crippen LogP contribution is 2.28. The SMILES string of the molecule is CCNC(c1ccc(Br)cc1C)c1cnccc1C. The van der Waals surface area contributed by atoms with Gasteiger partial charge in [0.2, 0.25) is 0 Å². The average molecular weight is 319 g/mol. The maximum Gasteiger partial charge on any atom is 0.0597 e. The Morgan fingerprint density at radius 2 is 1.95 bits per heavy atom. The van der Waals surface area contributed by atoms with Crippen LogP contribution in [0.2, 0.25) is 0 Å². The molecular formula is C16H19BrN2. The number of aryl methyl sites for hydroxylation is 2. The Hall–Kier alpha value is -1.19. The van der Waals surface area contributed by atoms with Gasteiger partial charge >= 0.3 is 0 Å². The molecule has 0 bridgehead atoms. The van der Waals surface area contributed by atoms with Crippen molar-refractivity contribution >= 4 is 15.9 Å². The van der Waals surface area contributed by atoms with Crippen LogP contribution in [0.5, 0.6) is 0 Å². The van der Waals surface area contributed by atoms with Gasteiger partial charge in [-0.25, -0.2) is 0 Å². The Morgan fingerprint density at radius 3 is 2.58 bits per heavy atom. The molecule has 0 amide bonds. The van der Waals surface area contributed by atoms with Gasteiger partial charge in [-0.1, -0.05) is 28.9 Å². The van der Waals surface area contributed by atoms with Crippen molar-refractivity contribution in [2.75, 3.05) is 6.54 Å².